The Balaban J connectivity index is 1.84. The van der Waals surface area contributed by atoms with Gasteiger partial charge in [0.1, 0.15) is 0 Å². The molecule has 1 aliphatic carbocycles. The number of nitrogens with one attached hydrogen (secondary N) is 1. The molecule has 0 radical (unpaired) electrons. The van der Waals surface area contributed by atoms with Gasteiger partial charge in [-0.2, -0.15) is 0 Å². The monoisotopic (exact) mass is 265 g/mol. The SMILES string of the molecule is CC(C)C(=Cc1ccc2ccccc2c1)CNC1CC1. The number of benzene rings is 2. The lowest BCUT2D eigenvalue weighted by molar-refractivity contribution is 0.662. The predicted octanol–water partition coefficient (Wildman–Crippen LogP) is 4.63. The third-order valence-electron chi connectivity index (χ3n) is 4.04. The van der Waals surface area contributed by atoms with Crippen LogP contribution in [0.4, 0.5) is 0 Å². The fourth-order valence-corrected chi connectivity index (χ4v) is 2.48. The topological polar surface area (TPSA) is 12.0 Å². The van der Waals surface area contributed by atoms with Crippen molar-refractivity contribution < 1.29 is 0 Å². The molecule has 0 unspecified atom stereocenters. The maximum atomic E-state index is 3.63. The summed E-state index contributed by atoms with van der Waals surface area (Å²) in [5, 5.41) is 6.26. The Hall–Kier alpha value is -1.60. The van der Waals surface area contributed by atoms with Gasteiger partial charge in [-0.1, -0.05) is 61.9 Å². The summed E-state index contributed by atoms with van der Waals surface area (Å²) in [6.07, 6.45) is 5.05. The van der Waals surface area contributed by atoms with Crippen molar-refractivity contribution in [2.75, 3.05) is 6.54 Å². The zero-order chi connectivity index (χ0) is 13.9. The van der Waals surface area contributed by atoms with Crippen LogP contribution >= 0.6 is 0 Å². The summed E-state index contributed by atoms with van der Waals surface area (Å²) in [7, 11) is 0. The zero-order valence-corrected chi connectivity index (χ0v) is 12.4. The van der Waals surface area contributed by atoms with E-state index in [9.17, 15) is 0 Å². The first kappa shape index (κ1) is 13.4. The van der Waals surface area contributed by atoms with Crippen LogP contribution in [-0.2, 0) is 0 Å². The molecule has 104 valence electrons. The molecule has 0 saturated heterocycles. The Morgan fingerprint density at radius 1 is 1.15 bits per heavy atom. The van der Waals surface area contributed by atoms with Gasteiger partial charge >= 0.3 is 0 Å². The molecule has 0 atom stereocenters. The molecule has 1 heteroatoms. The minimum Gasteiger partial charge on any atom is -0.310 e. The van der Waals surface area contributed by atoms with E-state index in [1.807, 2.05) is 0 Å². The van der Waals surface area contributed by atoms with Gasteiger partial charge in [-0.05, 0) is 41.2 Å². The molecule has 1 fully saturated rings. The van der Waals surface area contributed by atoms with Gasteiger partial charge in [0.2, 0.25) is 0 Å². The molecule has 0 aliphatic heterocycles. The van der Waals surface area contributed by atoms with Crippen LogP contribution in [0.1, 0.15) is 32.3 Å². The van der Waals surface area contributed by atoms with Crippen LogP contribution in [-0.4, -0.2) is 12.6 Å². The van der Waals surface area contributed by atoms with Gasteiger partial charge in [0.15, 0.2) is 0 Å². The third kappa shape index (κ3) is 3.29. The lowest BCUT2D eigenvalue weighted by Crippen LogP contribution is -2.21. The van der Waals surface area contributed by atoms with Crippen molar-refractivity contribution in [2.45, 2.75) is 32.7 Å². The van der Waals surface area contributed by atoms with Crippen molar-refractivity contribution in [3.8, 4) is 0 Å². The molecule has 3 rings (SSSR count). The van der Waals surface area contributed by atoms with Crippen molar-refractivity contribution in [3.05, 3.63) is 53.6 Å². The highest BCUT2D eigenvalue weighted by Crippen LogP contribution is 2.22. The number of rotatable bonds is 5. The van der Waals surface area contributed by atoms with Crippen LogP contribution in [0.15, 0.2) is 48.0 Å². The quantitative estimate of drug-likeness (QED) is 0.831. The molecule has 0 bridgehead atoms. The average Bonchev–Trinajstić information content (AvgIpc) is 3.27. The lowest BCUT2D eigenvalue weighted by atomic mass is 9.99. The summed E-state index contributed by atoms with van der Waals surface area (Å²) in [4.78, 5) is 0. The fraction of sp³-hybridized carbons (Fsp3) is 0.368. The fourth-order valence-electron chi connectivity index (χ4n) is 2.48. The summed E-state index contributed by atoms with van der Waals surface area (Å²) in [6, 6.07) is 16.0. The summed E-state index contributed by atoms with van der Waals surface area (Å²) in [5.41, 5.74) is 2.80. The summed E-state index contributed by atoms with van der Waals surface area (Å²) < 4.78 is 0. The smallest absolute Gasteiger partial charge is 0.0173 e. The van der Waals surface area contributed by atoms with E-state index in [2.05, 4.69) is 67.7 Å². The molecule has 1 aliphatic rings. The second-order valence-corrected chi connectivity index (χ2v) is 6.14. The van der Waals surface area contributed by atoms with Gasteiger partial charge in [0.25, 0.3) is 0 Å². The Morgan fingerprint density at radius 3 is 2.60 bits per heavy atom. The third-order valence-corrected chi connectivity index (χ3v) is 4.04. The second-order valence-electron chi connectivity index (χ2n) is 6.14. The van der Waals surface area contributed by atoms with E-state index in [4.69, 9.17) is 0 Å². The van der Waals surface area contributed by atoms with Crippen molar-refractivity contribution in [3.63, 3.8) is 0 Å². The van der Waals surface area contributed by atoms with Crippen molar-refractivity contribution in [2.24, 2.45) is 5.92 Å². The van der Waals surface area contributed by atoms with E-state index in [0.717, 1.165) is 12.6 Å². The second kappa shape index (κ2) is 5.80. The van der Waals surface area contributed by atoms with E-state index in [-0.39, 0.29) is 0 Å². The van der Waals surface area contributed by atoms with Crippen molar-refractivity contribution in [1.29, 1.82) is 0 Å². The highest BCUT2D eigenvalue weighted by Gasteiger charge is 2.20. The van der Waals surface area contributed by atoms with E-state index in [1.165, 1.54) is 34.8 Å². The first-order valence-electron chi connectivity index (χ1n) is 7.65. The van der Waals surface area contributed by atoms with E-state index in [1.54, 1.807) is 0 Å². The summed E-state index contributed by atoms with van der Waals surface area (Å²) in [6.45, 7) is 5.58. The molecule has 20 heavy (non-hydrogen) atoms. The lowest BCUT2D eigenvalue weighted by Gasteiger charge is -2.13. The van der Waals surface area contributed by atoms with E-state index >= 15 is 0 Å². The van der Waals surface area contributed by atoms with E-state index < -0.39 is 0 Å². The Labute approximate surface area is 121 Å². The first-order valence-corrected chi connectivity index (χ1v) is 7.65. The number of fused-ring (bicyclic) bond motifs is 1. The highest BCUT2D eigenvalue weighted by atomic mass is 14.9. The molecule has 0 amide bonds. The number of hydrogen-bond acceptors (Lipinski definition) is 1. The average molecular weight is 265 g/mol. The van der Waals surface area contributed by atoms with Crippen LogP contribution in [0.2, 0.25) is 0 Å². The largest absolute Gasteiger partial charge is 0.310 e. The van der Waals surface area contributed by atoms with Gasteiger partial charge in [-0.25, -0.2) is 0 Å². The standard InChI is InChI=1S/C19H23N/c1-14(2)18(13-20-19-9-10-19)12-15-7-8-16-5-3-4-6-17(16)11-15/h3-8,11-12,14,19-20H,9-10,13H2,1-2H3. The summed E-state index contributed by atoms with van der Waals surface area (Å²) in [5.74, 6) is 0.590. The predicted molar refractivity (Wildman–Crippen MR) is 87.8 cm³/mol. The number of hydrogen-bond donors (Lipinski definition) is 1. The molecular formula is C19H23N. The minimum atomic E-state index is 0.590. The molecular weight excluding hydrogens is 242 g/mol. The normalized spacial score (nSPS) is 16.1. The Kier molecular flexibility index (Phi) is 3.88. The van der Waals surface area contributed by atoms with Gasteiger partial charge in [0.05, 0.1) is 0 Å². The van der Waals surface area contributed by atoms with E-state index in [0.29, 0.717) is 5.92 Å². The van der Waals surface area contributed by atoms with Crippen LogP contribution in [0.25, 0.3) is 16.8 Å². The highest BCUT2D eigenvalue weighted by molar-refractivity contribution is 5.84. The van der Waals surface area contributed by atoms with Crippen LogP contribution in [0.3, 0.4) is 0 Å². The molecule has 0 heterocycles. The Morgan fingerprint density at radius 2 is 1.90 bits per heavy atom. The molecule has 2 aromatic carbocycles. The van der Waals surface area contributed by atoms with Crippen molar-refractivity contribution in [1.82, 2.24) is 5.32 Å². The molecule has 2 aromatic rings. The van der Waals surface area contributed by atoms with Crippen molar-refractivity contribution >= 4 is 16.8 Å². The van der Waals surface area contributed by atoms with Gasteiger partial charge in [-0.15, -0.1) is 0 Å². The van der Waals surface area contributed by atoms with Gasteiger partial charge < -0.3 is 5.32 Å². The first-order chi connectivity index (χ1) is 9.72. The summed E-state index contributed by atoms with van der Waals surface area (Å²) >= 11 is 0. The molecule has 1 saturated carbocycles. The van der Waals surface area contributed by atoms with Crippen LogP contribution in [0.5, 0.6) is 0 Å². The minimum absolute atomic E-state index is 0.590. The van der Waals surface area contributed by atoms with Gasteiger partial charge in [-0.3, -0.25) is 0 Å². The molecule has 1 N–H and O–H groups in total. The van der Waals surface area contributed by atoms with Crippen LogP contribution < -0.4 is 5.32 Å². The Bertz CT molecular complexity index is 620. The van der Waals surface area contributed by atoms with Crippen LogP contribution in [0, 0.1) is 5.92 Å². The molecule has 0 spiro atoms. The zero-order valence-electron chi connectivity index (χ0n) is 12.4. The molecule has 1 nitrogen and oxygen atoms in total. The maximum absolute atomic E-state index is 3.63. The molecule has 0 aromatic heterocycles. The van der Waals surface area contributed by atoms with Gasteiger partial charge in [0, 0.05) is 12.6 Å². The maximum Gasteiger partial charge on any atom is 0.0173 e.